The Balaban J connectivity index is 0.000000313. The van der Waals surface area contributed by atoms with Crippen LogP contribution >= 0.6 is 11.3 Å². The second-order valence-electron chi connectivity index (χ2n) is 16.9. The summed E-state index contributed by atoms with van der Waals surface area (Å²) in [7, 11) is 0. The molecule has 0 spiro atoms. The van der Waals surface area contributed by atoms with Crippen molar-refractivity contribution in [3.05, 3.63) is 218 Å². The molecule has 3 nitrogen and oxygen atoms in total. The van der Waals surface area contributed by atoms with Crippen molar-refractivity contribution >= 4 is 60.2 Å². The van der Waals surface area contributed by atoms with Gasteiger partial charge < -0.3 is 4.57 Å². The number of hydrogen-bond acceptors (Lipinski definition) is 3. The average molecular weight is 1100 g/mol. The van der Waals surface area contributed by atoms with E-state index in [1.54, 1.807) is 35.6 Å². The van der Waals surface area contributed by atoms with Crippen LogP contribution in [0.4, 0.5) is 0 Å². The van der Waals surface area contributed by atoms with Gasteiger partial charge in [-0.2, -0.15) is 11.3 Å². The molecule has 11 rings (SSSR count). The molecule has 11 aromatic rings. The third-order valence-corrected chi connectivity index (χ3v) is 17.0. The first kappa shape index (κ1) is 37.1. The summed E-state index contributed by atoms with van der Waals surface area (Å²) < 4.78 is 53.1. The molecule has 0 unspecified atom stereocenters. The smallest absolute Gasteiger partial charge is 0 e. The van der Waals surface area contributed by atoms with Crippen molar-refractivity contribution in [3.63, 3.8) is 0 Å². The molecule has 319 valence electrons. The van der Waals surface area contributed by atoms with Gasteiger partial charge in [-0.05, 0) is 93.6 Å². The third kappa shape index (κ3) is 9.08. The molecule has 0 saturated carbocycles. The summed E-state index contributed by atoms with van der Waals surface area (Å²) in [6, 6.07) is 68.5. The zero-order valence-corrected chi connectivity index (χ0v) is 41.4. The minimum atomic E-state index is -2.22. The van der Waals surface area contributed by atoms with Crippen LogP contribution in [0, 0.1) is 25.8 Å². The Morgan fingerprint density at radius 3 is 2.02 bits per heavy atom. The van der Waals surface area contributed by atoms with Gasteiger partial charge in [0.15, 0.2) is 0 Å². The van der Waals surface area contributed by atoms with Crippen molar-refractivity contribution in [2.45, 2.75) is 31.0 Å². The number of aromatic nitrogens is 3. The molecule has 0 aliphatic rings. The normalized spacial score (nSPS) is 13.1. The van der Waals surface area contributed by atoms with Gasteiger partial charge in [0.1, 0.15) is 0 Å². The fourth-order valence-electron chi connectivity index (χ4n) is 8.20. The summed E-state index contributed by atoms with van der Waals surface area (Å²) in [4.78, 5) is 9.76. The van der Waals surface area contributed by atoms with Crippen LogP contribution in [0.3, 0.4) is 0 Å². The van der Waals surface area contributed by atoms with Gasteiger partial charge in [0.2, 0.25) is 0 Å². The topological polar surface area (TPSA) is 30.7 Å². The summed E-state index contributed by atoms with van der Waals surface area (Å²) >= 11 is -0.0510. The number of thiophene rings is 1. The number of aryl methyl sites for hydroxylation is 2. The molecule has 3 heterocycles. The van der Waals surface area contributed by atoms with Gasteiger partial charge in [-0.3, -0.25) is 4.98 Å². The van der Waals surface area contributed by atoms with Crippen LogP contribution in [-0.2, 0) is 20.1 Å². The fourth-order valence-corrected chi connectivity index (χ4v) is 11.6. The van der Waals surface area contributed by atoms with Gasteiger partial charge in [0.25, 0.3) is 0 Å². The maximum atomic E-state index is 7.93. The van der Waals surface area contributed by atoms with Crippen LogP contribution < -0.4 is 4.40 Å². The van der Waals surface area contributed by atoms with E-state index in [2.05, 4.69) is 112 Å². The zero-order chi connectivity index (χ0) is 48.8. The number of rotatable bonds is 7. The van der Waals surface area contributed by atoms with E-state index in [0.717, 1.165) is 92.9 Å². The standard InChI is InChI=1S/C45H31N2S.C14H16GeN.Ir/c1-29-18-22-32(23-19-29)35-27-39(33-24-20-30(2)21-25-33)43-37-14-9-15-38(44(37)48-42(43)28-35)45-46-40-16-6-7-17-41(40)47(45)36-13-8-12-34(26-36)31-10-4-3-5-11-31;1-15(2,3)13-9-10-14(16-11-13)12-7-5-4-6-8-12;/h3-14,16-28H,1-2H3;4-7,9-11H,1-3H3;/q2*-1;/i1D3,2D3;;. The Labute approximate surface area is 410 Å². The molecule has 3 aromatic heterocycles. The van der Waals surface area contributed by atoms with Crippen LogP contribution in [0.5, 0.6) is 0 Å². The molecule has 0 N–H and O–H groups in total. The number of fused-ring (bicyclic) bond motifs is 4. The first-order valence-electron chi connectivity index (χ1n) is 24.3. The maximum Gasteiger partial charge on any atom is 0 e. The van der Waals surface area contributed by atoms with Gasteiger partial charge in [-0.25, -0.2) is 0 Å². The Hall–Kier alpha value is -6.21. The Morgan fingerprint density at radius 2 is 1.31 bits per heavy atom. The van der Waals surface area contributed by atoms with Gasteiger partial charge in [-0.15, -0.1) is 18.2 Å². The first-order chi connectivity index (χ1) is 33.6. The summed E-state index contributed by atoms with van der Waals surface area (Å²) in [5.74, 6) is 7.92. The van der Waals surface area contributed by atoms with E-state index < -0.39 is 27.0 Å². The minimum Gasteiger partial charge on any atom is 0 e. The molecule has 6 heteroatoms. The molecule has 0 atom stereocenters. The largest absolute Gasteiger partial charge is 0 e. The summed E-state index contributed by atoms with van der Waals surface area (Å²) in [5, 5.41) is 2.09. The van der Waals surface area contributed by atoms with Crippen LogP contribution in [0.2, 0.25) is 17.3 Å². The third-order valence-electron chi connectivity index (χ3n) is 11.6. The van der Waals surface area contributed by atoms with Crippen molar-refractivity contribution in [1.29, 1.82) is 0 Å². The fraction of sp³-hybridized carbons (Fsp3) is 0.0847. The first-order valence-corrected chi connectivity index (χ1v) is 29.5. The molecule has 65 heavy (non-hydrogen) atoms. The van der Waals surface area contributed by atoms with Crippen molar-refractivity contribution in [2.24, 2.45) is 0 Å². The van der Waals surface area contributed by atoms with Crippen LogP contribution in [0.25, 0.3) is 92.9 Å². The molecule has 0 bridgehead atoms. The second kappa shape index (κ2) is 18.7. The van der Waals surface area contributed by atoms with Gasteiger partial charge in [-0.1, -0.05) is 125 Å². The molecule has 0 amide bonds. The molecule has 0 fully saturated rings. The van der Waals surface area contributed by atoms with E-state index >= 15 is 0 Å². The number of para-hydroxylation sites is 2. The van der Waals surface area contributed by atoms with Gasteiger partial charge in [0.05, 0.1) is 16.9 Å². The Kier molecular flexibility index (Phi) is 10.7. The predicted molar refractivity (Wildman–Crippen MR) is 276 cm³/mol. The van der Waals surface area contributed by atoms with E-state index in [0.29, 0.717) is 0 Å². The minimum absolute atomic E-state index is 0. The molecule has 0 saturated heterocycles. The second-order valence-corrected chi connectivity index (χ2v) is 28.6. The maximum absolute atomic E-state index is 7.93. The summed E-state index contributed by atoms with van der Waals surface area (Å²) in [6.45, 7) is -4.41. The molecular weight excluding hydrogens is 1050 g/mol. The van der Waals surface area contributed by atoms with E-state index in [9.17, 15) is 0 Å². The van der Waals surface area contributed by atoms with Crippen LogP contribution in [0.15, 0.2) is 194 Å². The van der Waals surface area contributed by atoms with Crippen molar-refractivity contribution in [2.75, 3.05) is 0 Å². The molecule has 0 aliphatic heterocycles. The number of benzene rings is 8. The average Bonchev–Trinajstić information content (AvgIpc) is 3.95. The van der Waals surface area contributed by atoms with Crippen LogP contribution in [0.1, 0.15) is 19.4 Å². The number of nitrogens with zero attached hydrogens (tertiary/aromatic N) is 3. The predicted octanol–water partition coefficient (Wildman–Crippen LogP) is 15.6. The molecule has 0 aliphatic carbocycles. The molecule has 1 radical (unpaired) electrons. The van der Waals surface area contributed by atoms with E-state index in [1.807, 2.05) is 97.2 Å². The Morgan fingerprint density at radius 1 is 0.600 bits per heavy atom. The van der Waals surface area contributed by atoms with E-state index in [1.165, 1.54) is 4.40 Å². The van der Waals surface area contributed by atoms with E-state index in [-0.39, 0.29) is 31.2 Å². The number of imidazole rings is 1. The number of pyridine rings is 1. The molecule has 8 aromatic carbocycles. The zero-order valence-electron chi connectivity index (χ0n) is 42.1. The number of hydrogen-bond donors (Lipinski definition) is 0. The summed E-state index contributed by atoms with van der Waals surface area (Å²) in [6.07, 6.45) is 2.04. The molecular formula is C59H47GeIrN3S-2. The van der Waals surface area contributed by atoms with E-state index in [4.69, 9.17) is 13.2 Å². The SMILES string of the molecule is [2H]C([2H])([2H])c1ccc(-c2cc(-c3ccc(C([2H])([2H])[2H])cc3)c3c(c2)sc2c(-c4nc5ccccc5n4-c4cccc(-c5ccccc5)c4)[c-]ccc23)cc1.[CH3][Ge]([CH3])([CH3])[c]1ccc(-c2[c-]cccc2)nc1.[Ir]. The van der Waals surface area contributed by atoms with Crippen molar-refractivity contribution in [1.82, 2.24) is 14.5 Å². The van der Waals surface area contributed by atoms with Crippen molar-refractivity contribution < 1.29 is 28.3 Å². The summed E-state index contributed by atoms with van der Waals surface area (Å²) in [5.41, 5.74) is 12.3. The quantitative estimate of drug-likeness (QED) is 0.118. The van der Waals surface area contributed by atoms with Gasteiger partial charge >= 0.3 is 99.8 Å². The van der Waals surface area contributed by atoms with Crippen molar-refractivity contribution in [3.8, 4) is 61.7 Å². The monoisotopic (exact) mass is 1100 g/mol. The Bertz CT molecular complexity index is 3640. The van der Waals surface area contributed by atoms with Crippen LogP contribution in [-0.4, -0.2) is 27.8 Å². The van der Waals surface area contributed by atoms with Gasteiger partial charge in [0, 0.05) is 38.7 Å².